The van der Waals surface area contributed by atoms with Gasteiger partial charge in [0.1, 0.15) is 11.6 Å². The first-order valence-corrected chi connectivity index (χ1v) is 11.8. The van der Waals surface area contributed by atoms with Crippen molar-refractivity contribution in [2.24, 2.45) is 0 Å². The third kappa shape index (κ3) is 6.16. The highest BCUT2D eigenvalue weighted by atomic mass is 32.2. The Balaban J connectivity index is 1.53. The molecule has 178 valence electrons. The minimum absolute atomic E-state index is 0.0187. The zero-order chi connectivity index (χ0) is 24.7. The van der Waals surface area contributed by atoms with Gasteiger partial charge in [-0.15, -0.1) is 0 Å². The second-order valence-corrected chi connectivity index (χ2v) is 9.34. The van der Waals surface area contributed by atoms with E-state index in [1.165, 1.54) is 25.2 Å². The molecule has 3 aromatic carbocycles. The van der Waals surface area contributed by atoms with E-state index in [0.717, 1.165) is 16.4 Å². The lowest BCUT2D eigenvalue weighted by molar-refractivity contribution is -0.116. The van der Waals surface area contributed by atoms with E-state index in [-0.39, 0.29) is 35.8 Å². The Morgan fingerprint density at radius 3 is 2.38 bits per heavy atom. The quantitative estimate of drug-likeness (QED) is 0.447. The van der Waals surface area contributed by atoms with E-state index >= 15 is 0 Å². The molecule has 0 aliphatic heterocycles. The highest BCUT2D eigenvalue weighted by Gasteiger charge is 2.21. The molecular weight excluding hydrogens is 464 g/mol. The normalized spacial score (nSPS) is 11.0. The molecule has 3 aromatic rings. The summed E-state index contributed by atoms with van der Waals surface area (Å²) in [7, 11) is -2.39. The number of nitrogens with one attached hydrogen (secondary N) is 2. The number of hydrogen-bond acceptors (Lipinski definition) is 4. The topological polar surface area (TPSA) is 95.6 Å². The maximum absolute atomic E-state index is 13.6. The molecule has 3 rings (SSSR count). The van der Waals surface area contributed by atoms with Crippen molar-refractivity contribution >= 4 is 33.2 Å². The molecule has 0 heterocycles. The van der Waals surface area contributed by atoms with Gasteiger partial charge < -0.3 is 10.6 Å². The van der Waals surface area contributed by atoms with Crippen LogP contribution in [-0.4, -0.2) is 33.8 Å². The zero-order valence-electron chi connectivity index (χ0n) is 18.3. The van der Waals surface area contributed by atoms with Crippen molar-refractivity contribution in [1.29, 1.82) is 0 Å². The monoisotopic (exact) mass is 487 g/mol. The standard InChI is InChI=1S/C24H23F2N3O4S/c1-29(19-8-3-2-4-9-19)34(32,33)20-10-5-7-18(16-20)28-23(30)11-6-14-27-24(31)21-13-12-17(25)15-22(21)26/h2-5,7-10,12-13,15-16H,6,11,14H2,1H3,(H,27,31)(H,28,30). The minimum Gasteiger partial charge on any atom is -0.352 e. The molecule has 10 heteroatoms. The van der Waals surface area contributed by atoms with Crippen LogP contribution < -0.4 is 14.9 Å². The second kappa shape index (κ2) is 10.9. The van der Waals surface area contributed by atoms with Crippen molar-refractivity contribution in [3.05, 3.63) is 90.0 Å². The van der Waals surface area contributed by atoms with Gasteiger partial charge in [0.15, 0.2) is 0 Å². The van der Waals surface area contributed by atoms with E-state index < -0.39 is 27.6 Å². The number of hydrogen-bond donors (Lipinski definition) is 2. The van der Waals surface area contributed by atoms with Crippen molar-refractivity contribution in [2.45, 2.75) is 17.7 Å². The van der Waals surface area contributed by atoms with Crippen LogP contribution in [0.25, 0.3) is 0 Å². The first-order valence-electron chi connectivity index (χ1n) is 10.4. The smallest absolute Gasteiger partial charge is 0.264 e. The largest absolute Gasteiger partial charge is 0.352 e. The fourth-order valence-electron chi connectivity index (χ4n) is 3.11. The van der Waals surface area contributed by atoms with E-state index in [9.17, 15) is 26.8 Å². The lowest BCUT2D eigenvalue weighted by atomic mass is 10.2. The number of rotatable bonds is 9. The average molecular weight is 488 g/mol. The SMILES string of the molecule is CN(c1ccccc1)S(=O)(=O)c1cccc(NC(=O)CCCNC(=O)c2ccc(F)cc2F)c1. The van der Waals surface area contributed by atoms with E-state index in [0.29, 0.717) is 17.4 Å². The number of amides is 2. The Kier molecular flexibility index (Phi) is 7.95. The maximum Gasteiger partial charge on any atom is 0.264 e. The van der Waals surface area contributed by atoms with Gasteiger partial charge in [-0.25, -0.2) is 17.2 Å². The summed E-state index contributed by atoms with van der Waals surface area (Å²) in [6.07, 6.45) is 0.294. The third-order valence-electron chi connectivity index (χ3n) is 4.94. The molecular formula is C24H23F2N3O4S. The van der Waals surface area contributed by atoms with Crippen LogP contribution in [-0.2, 0) is 14.8 Å². The summed E-state index contributed by atoms with van der Waals surface area (Å²) in [5, 5.41) is 5.10. The van der Waals surface area contributed by atoms with Crippen LogP contribution in [0.4, 0.5) is 20.2 Å². The van der Waals surface area contributed by atoms with E-state index in [1.54, 1.807) is 36.4 Å². The van der Waals surface area contributed by atoms with E-state index in [4.69, 9.17) is 0 Å². The van der Waals surface area contributed by atoms with Crippen LogP contribution in [0.3, 0.4) is 0 Å². The summed E-state index contributed by atoms with van der Waals surface area (Å²) < 4.78 is 53.6. The van der Waals surface area contributed by atoms with Gasteiger partial charge in [-0.05, 0) is 48.9 Å². The fraction of sp³-hybridized carbons (Fsp3) is 0.167. The minimum atomic E-state index is -3.83. The van der Waals surface area contributed by atoms with Gasteiger partial charge >= 0.3 is 0 Å². The van der Waals surface area contributed by atoms with Gasteiger partial charge in [-0.2, -0.15) is 0 Å². The van der Waals surface area contributed by atoms with Gasteiger partial charge in [-0.3, -0.25) is 13.9 Å². The molecule has 0 unspecified atom stereocenters. The molecule has 0 atom stereocenters. The number of anilines is 2. The number of carbonyl (C=O) groups is 2. The maximum atomic E-state index is 13.6. The number of nitrogens with zero attached hydrogens (tertiary/aromatic N) is 1. The predicted octanol–water partition coefficient (Wildman–Crippen LogP) is 3.94. The molecule has 34 heavy (non-hydrogen) atoms. The molecule has 0 fully saturated rings. The van der Waals surface area contributed by atoms with Gasteiger partial charge in [0.05, 0.1) is 16.1 Å². The number of halogens is 2. The van der Waals surface area contributed by atoms with Crippen LogP contribution in [0.5, 0.6) is 0 Å². The van der Waals surface area contributed by atoms with Crippen molar-refractivity contribution in [3.63, 3.8) is 0 Å². The van der Waals surface area contributed by atoms with Gasteiger partial charge in [0.25, 0.3) is 15.9 Å². The van der Waals surface area contributed by atoms with E-state index in [2.05, 4.69) is 10.6 Å². The van der Waals surface area contributed by atoms with Gasteiger partial charge in [0.2, 0.25) is 5.91 Å². The highest BCUT2D eigenvalue weighted by molar-refractivity contribution is 7.92. The number of carbonyl (C=O) groups excluding carboxylic acids is 2. The molecule has 0 radical (unpaired) electrons. The molecule has 0 spiro atoms. The van der Waals surface area contributed by atoms with Gasteiger partial charge in [-0.1, -0.05) is 24.3 Å². The third-order valence-corrected chi connectivity index (χ3v) is 6.72. The molecule has 2 amide bonds. The summed E-state index contributed by atoms with van der Waals surface area (Å²) in [6, 6.07) is 17.1. The van der Waals surface area contributed by atoms with Crippen LogP contribution in [0.2, 0.25) is 0 Å². The molecule has 0 saturated carbocycles. The molecule has 0 bridgehead atoms. The first-order chi connectivity index (χ1) is 16.2. The summed E-state index contributed by atoms with van der Waals surface area (Å²) >= 11 is 0. The Bertz CT molecular complexity index is 1280. The average Bonchev–Trinajstić information content (AvgIpc) is 2.82. The van der Waals surface area contributed by atoms with Crippen molar-refractivity contribution in [1.82, 2.24) is 5.32 Å². The Hall–Kier alpha value is -3.79. The van der Waals surface area contributed by atoms with E-state index in [1.807, 2.05) is 0 Å². The molecule has 7 nitrogen and oxygen atoms in total. The Morgan fingerprint density at radius 1 is 0.941 bits per heavy atom. The van der Waals surface area contributed by atoms with Crippen LogP contribution in [0.1, 0.15) is 23.2 Å². The van der Waals surface area contributed by atoms with Gasteiger partial charge in [0, 0.05) is 31.8 Å². The summed E-state index contributed by atoms with van der Waals surface area (Å²) in [6.45, 7) is 0.0966. The summed E-state index contributed by atoms with van der Waals surface area (Å²) in [5.41, 5.74) is 0.522. The fourth-order valence-corrected chi connectivity index (χ4v) is 4.35. The number of sulfonamides is 1. The lowest BCUT2D eigenvalue weighted by Gasteiger charge is -2.19. The van der Waals surface area contributed by atoms with Crippen LogP contribution >= 0.6 is 0 Å². The number of para-hydroxylation sites is 1. The Labute approximate surface area is 196 Å². The Morgan fingerprint density at radius 2 is 1.68 bits per heavy atom. The number of benzene rings is 3. The van der Waals surface area contributed by atoms with Crippen molar-refractivity contribution in [3.8, 4) is 0 Å². The van der Waals surface area contributed by atoms with Crippen LogP contribution in [0, 0.1) is 11.6 Å². The second-order valence-electron chi connectivity index (χ2n) is 7.37. The molecule has 0 aromatic heterocycles. The molecule has 2 N–H and O–H groups in total. The highest BCUT2D eigenvalue weighted by Crippen LogP contribution is 2.23. The van der Waals surface area contributed by atoms with Crippen molar-refractivity contribution < 1.29 is 26.8 Å². The zero-order valence-corrected chi connectivity index (χ0v) is 19.1. The molecule has 0 saturated heterocycles. The molecule has 0 aliphatic rings. The lowest BCUT2D eigenvalue weighted by Crippen LogP contribution is -2.27. The summed E-state index contributed by atoms with van der Waals surface area (Å²) in [5.74, 6) is -2.84. The predicted molar refractivity (Wildman–Crippen MR) is 125 cm³/mol. The summed E-state index contributed by atoms with van der Waals surface area (Å²) in [4.78, 5) is 24.2. The van der Waals surface area contributed by atoms with Crippen molar-refractivity contribution in [2.75, 3.05) is 23.2 Å². The molecule has 0 aliphatic carbocycles. The van der Waals surface area contributed by atoms with Crippen LogP contribution in [0.15, 0.2) is 77.7 Å². The first kappa shape index (κ1) is 24.8.